The van der Waals surface area contributed by atoms with Gasteiger partial charge in [-0.1, -0.05) is 18.2 Å². The van der Waals surface area contributed by atoms with Gasteiger partial charge < -0.3 is 19.8 Å². The molecule has 0 fully saturated rings. The molecular weight excluding hydrogens is 417 g/mol. The second-order valence-corrected chi connectivity index (χ2v) is 5.17. The number of nitrogens with zero attached hydrogens (tertiary/aromatic N) is 1. The number of furan rings is 1. The highest BCUT2D eigenvalue weighted by Gasteiger charge is 2.00. The van der Waals surface area contributed by atoms with Crippen molar-refractivity contribution < 1.29 is 9.15 Å². The molecule has 0 saturated carbocycles. The number of guanidine groups is 1. The zero-order valence-electron chi connectivity index (χ0n) is 14.2. The topological polar surface area (TPSA) is 58.8 Å². The minimum absolute atomic E-state index is 0. The predicted molar refractivity (Wildman–Crippen MR) is 108 cm³/mol. The normalized spacial score (nSPS) is 10.8. The van der Waals surface area contributed by atoms with Crippen molar-refractivity contribution in [2.45, 2.75) is 26.8 Å². The molecule has 2 aromatic rings. The van der Waals surface area contributed by atoms with Crippen LogP contribution < -0.4 is 15.4 Å². The SMILES string of the molecule is CCNC(=NCc1ccco1)NCCCOc1ccccc1C.I. The predicted octanol–water partition coefficient (Wildman–Crippen LogP) is 3.73. The Morgan fingerprint density at radius 3 is 2.71 bits per heavy atom. The molecule has 0 atom stereocenters. The van der Waals surface area contributed by atoms with E-state index >= 15 is 0 Å². The molecule has 0 spiro atoms. The van der Waals surface area contributed by atoms with Gasteiger partial charge in [0.15, 0.2) is 5.96 Å². The molecule has 0 aliphatic carbocycles. The van der Waals surface area contributed by atoms with Gasteiger partial charge in [-0.3, -0.25) is 0 Å². The summed E-state index contributed by atoms with van der Waals surface area (Å²) in [4.78, 5) is 4.49. The number of aliphatic imine (C=N–C) groups is 1. The Balaban J connectivity index is 0.00000288. The van der Waals surface area contributed by atoms with E-state index in [-0.39, 0.29) is 24.0 Å². The van der Waals surface area contributed by atoms with Gasteiger partial charge in [0.05, 0.1) is 12.9 Å². The van der Waals surface area contributed by atoms with Crippen LogP contribution in [0.25, 0.3) is 0 Å². The zero-order chi connectivity index (χ0) is 16.3. The Morgan fingerprint density at radius 1 is 1.17 bits per heavy atom. The van der Waals surface area contributed by atoms with E-state index in [0.29, 0.717) is 13.2 Å². The first-order valence-electron chi connectivity index (χ1n) is 8.02. The lowest BCUT2D eigenvalue weighted by molar-refractivity contribution is 0.309. The molecule has 0 aliphatic heterocycles. The maximum absolute atomic E-state index is 5.78. The van der Waals surface area contributed by atoms with Crippen molar-refractivity contribution in [3.05, 3.63) is 54.0 Å². The fraction of sp³-hybridized carbons (Fsp3) is 0.389. The summed E-state index contributed by atoms with van der Waals surface area (Å²) in [6, 6.07) is 11.8. The first kappa shape index (κ1) is 20.3. The van der Waals surface area contributed by atoms with Crippen molar-refractivity contribution in [2.75, 3.05) is 19.7 Å². The van der Waals surface area contributed by atoms with Gasteiger partial charge in [-0.15, -0.1) is 24.0 Å². The molecule has 2 rings (SSSR count). The lowest BCUT2D eigenvalue weighted by atomic mass is 10.2. The highest BCUT2D eigenvalue weighted by molar-refractivity contribution is 14.0. The summed E-state index contributed by atoms with van der Waals surface area (Å²) < 4.78 is 11.1. The maximum atomic E-state index is 5.78. The molecule has 1 aromatic carbocycles. The van der Waals surface area contributed by atoms with Gasteiger partial charge in [-0.05, 0) is 44.0 Å². The number of hydrogen-bond acceptors (Lipinski definition) is 3. The van der Waals surface area contributed by atoms with Crippen LogP contribution in [0.15, 0.2) is 52.1 Å². The van der Waals surface area contributed by atoms with Crippen molar-refractivity contribution in [3.63, 3.8) is 0 Å². The van der Waals surface area contributed by atoms with Crippen molar-refractivity contribution >= 4 is 29.9 Å². The average Bonchev–Trinajstić information content (AvgIpc) is 3.07. The summed E-state index contributed by atoms with van der Waals surface area (Å²) in [5, 5.41) is 6.52. The molecule has 132 valence electrons. The summed E-state index contributed by atoms with van der Waals surface area (Å²) >= 11 is 0. The van der Waals surface area contributed by atoms with Gasteiger partial charge in [0.2, 0.25) is 0 Å². The van der Waals surface area contributed by atoms with Crippen LogP contribution in [0.1, 0.15) is 24.7 Å². The number of para-hydroxylation sites is 1. The molecule has 0 amide bonds. The number of hydrogen-bond donors (Lipinski definition) is 2. The Labute approximate surface area is 160 Å². The third kappa shape index (κ3) is 7.25. The van der Waals surface area contributed by atoms with Crippen molar-refractivity contribution in [3.8, 4) is 5.75 Å². The number of ether oxygens (including phenoxy) is 1. The summed E-state index contributed by atoms with van der Waals surface area (Å²) in [5.41, 5.74) is 1.16. The molecule has 0 aliphatic rings. The van der Waals surface area contributed by atoms with Crippen molar-refractivity contribution in [1.82, 2.24) is 10.6 Å². The van der Waals surface area contributed by atoms with Gasteiger partial charge >= 0.3 is 0 Å². The third-order valence-corrected chi connectivity index (χ3v) is 3.28. The first-order chi connectivity index (χ1) is 11.3. The van der Waals surface area contributed by atoms with Crippen LogP contribution in [0.5, 0.6) is 5.75 Å². The quantitative estimate of drug-likeness (QED) is 0.283. The minimum atomic E-state index is 0. The molecule has 0 unspecified atom stereocenters. The number of aryl methyl sites for hydroxylation is 1. The highest BCUT2D eigenvalue weighted by Crippen LogP contribution is 2.15. The van der Waals surface area contributed by atoms with E-state index in [0.717, 1.165) is 42.5 Å². The largest absolute Gasteiger partial charge is 0.493 e. The van der Waals surface area contributed by atoms with Crippen LogP contribution in [-0.2, 0) is 6.54 Å². The van der Waals surface area contributed by atoms with Crippen LogP contribution in [0.4, 0.5) is 0 Å². The molecule has 0 saturated heterocycles. The van der Waals surface area contributed by atoms with Gasteiger partial charge in [0.1, 0.15) is 18.1 Å². The van der Waals surface area contributed by atoms with E-state index < -0.39 is 0 Å². The average molecular weight is 443 g/mol. The zero-order valence-corrected chi connectivity index (χ0v) is 16.6. The van der Waals surface area contributed by atoms with E-state index in [9.17, 15) is 0 Å². The Hall–Kier alpha value is -1.70. The van der Waals surface area contributed by atoms with E-state index in [4.69, 9.17) is 9.15 Å². The number of halogens is 1. The monoisotopic (exact) mass is 443 g/mol. The van der Waals surface area contributed by atoms with Gasteiger partial charge in [-0.25, -0.2) is 4.99 Å². The smallest absolute Gasteiger partial charge is 0.191 e. The maximum Gasteiger partial charge on any atom is 0.191 e. The molecule has 24 heavy (non-hydrogen) atoms. The van der Waals surface area contributed by atoms with Crippen LogP contribution >= 0.6 is 24.0 Å². The Morgan fingerprint density at radius 2 is 2.00 bits per heavy atom. The van der Waals surface area contributed by atoms with Crippen LogP contribution in [0, 0.1) is 6.92 Å². The third-order valence-electron chi connectivity index (χ3n) is 3.28. The van der Waals surface area contributed by atoms with Crippen molar-refractivity contribution in [1.29, 1.82) is 0 Å². The number of rotatable bonds is 8. The van der Waals surface area contributed by atoms with Crippen LogP contribution in [0.2, 0.25) is 0 Å². The first-order valence-corrected chi connectivity index (χ1v) is 8.02. The number of benzene rings is 1. The van der Waals surface area contributed by atoms with Gasteiger partial charge in [0.25, 0.3) is 0 Å². The highest BCUT2D eigenvalue weighted by atomic mass is 127. The Kier molecular flexibility index (Phi) is 9.98. The Bertz CT molecular complexity index is 600. The van der Waals surface area contributed by atoms with Gasteiger partial charge in [-0.2, -0.15) is 0 Å². The fourth-order valence-electron chi connectivity index (χ4n) is 2.08. The minimum Gasteiger partial charge on any atom is -0.493 e. The summed E-state index contributed by atoms with van der Waals surface area (Å²) in [7, 11) is 0. The molecule has 6 heteroatoms. The second kappa shape index (κ2) is 11.8. The summed E-state index contributed by atoms with van der Waals surface area (Å²) in [6.45, 7) is 6.93. The van der Waals surface area contributed by atoms with E-state index in [1.165, 1.54) is 0 Å². The lowest BCUT2D eigenvalue weighted by Crippen LogP contribution is -2.38. The number of nitrogens with one attached hydrogen (secondary N) is 2. The molecule has 1 aromatic heterocycles. The standard InChI is InChI=1S/C18H25N3O2.HI/c1-3-19-18(21-14-16-9-6-12-22-16)20-11-7-13-23-17-10-5-4-8-15(17)2;/h4-6,8-10,12H,3,7,11,13-14H2,1-2H3,(H2,19,20,21);1H. The van der Waals surface area contributed by atoms with Crippen LogP contribution in [0.3, 0.4) is 0 Å². The molecular formula is C18H26IN3O2. The van der Waals surface area contributed by atoms with Gasteiger partial charge in [0, 0.05) is 13.1 Å². The van der Waals surface area contributed by atoms with E-state index in [2.05, 4.69) is 28.6 Å². The summed E-state index contributed by atoms with van der Waals surface area (Å²) in [6.07, 6.45) is 2.56. The van der Waals surface area contributed by atoms with E-state index in [1.54, 1.807) is 6.26 Å². The van der Waals surface area contributed by atoms with E-state index in [1.807, 2.05) is 37.3 Å². The fourth-order valence-corrected chi connectivity index (χ4v) is 2.08. The molecule has 5 nitrogen and oxygen atoms in total. The summed E-state index contributed by atoms with van der Waals surface area (Å²) in [5.74, 6) is 2.59. The molecule has 2 N–H and O–H groups in total. The molecule has 1 heterocycles. The van der Waals surface area contributed by atoms with Crippen LogP contribution in [-0.4, -0.2) is 25.7 Å². The second-order valence-electron chi connectivity index (χ2n) is 5.17. The lowest BCUT2D eigenvalue weighted by Gasteiger charge is -2.12. The van der Waals surface area contributed by atoms with Crippen molar-refractivity contribution in [2.24, 2.45) is 4.99 Å². The molecule has 0 bridgehead atoms. The molecule has 0 radical (unpaired) electrons.